The fourth-order valence-corrected chi connectivity index (χ4v) is 4.01. The summed E-state index contributed by atoms with van der Waals surface area (Å²) in [6, 6.07) is 19.6. The number of rotatable bonds is 2. The van der Waals surface area contributed by atoms with Crippen molar-refractivity contribution in [3.05, 3.63) is 105 Å². The van der Waals surface area contributed by atoms with Gasteiger partial charge in [0, 0.05) is 12.1 Å². The predicted molar refractivity (Wildman–Crippen MR) is 146 cm³/mol. The molecule has 6 rings (SSSR count). The second kappa shape index (κ2) is 10.1. The van der Waals surface area contributed by atoms with Crippen LogP contribution in [0, 0.1) is 0 Å². The molecule has 0 saturated heterocycles. The molecule has 0 amide bonds. The van der Waals surface area contributed by atoms with Gasteiger partial charge in [0.15, 0.2) is 33.9 Å². The summed E-state index contributed by atoms with van der Waals surface area (Å²) in [6.07, 6.45) is 0. The molecule has 4 aromatic carbocycles. The average Bonchev–Trinajstić information content (AvgIpc) is 2.93. The number of fused-ring (bicyclic) bond motifs is 2. The van der Waals surface area contributed by atoms with E-state index in [-0.39, 0.29) is 89.9 Å². The van der Waals surface area contributed by atoms with Crippen LogP contribution in [0.4, 0.5) is 0 Å². The van der Waals surface area contributed by atoms with Crippen molar-refractivity contribution in [2.75, 3.05) is 0 Å². The topological polar surface area (TPSA) is 182 Å². The highest BCUT2D eigenvalue weighted by Gasteiger charge is 2.14. The van der Waals surface area contributed by atoms with Crippen LogP contribution in [-0.4, -0.2) is 30.6 Å². The third kappa shape index (κ3) is 4.84. The molecule has 0 aliphatic carbocycles. The molecule has 6 N–H and O–H groups in total. The van der Waals surface area contributed by atoms with Gasteiger partial charge in [0.1, 0.15) is 34.2 Å². The van der Waals surface area contributed by atoms with Crippen molar-refractivity contribution in [1.29, 1.82) is 0 Å². The van der Waals surface area contributed by atoms with Gasteiger partial charge in [-0.15, -0.1) is 0 Å². The minimum atomic E-state index is -0.353. The van der Waals surface area contributed by atoms with E-state index in [0.29, 0.717) is 0 Å². The van der Waals surface area contributed by atoms with E-state index in [9.17, 15) is 40.2 Å². The summed E-state index contributed by atoms with van der Waals surface area (Å²) in [5, 5.41) is 57.8. The highest BCUT2D eigenvalue weighted by atomic mass is 16.3. The molecule has 200 valence electrons. The van der Waals surface area contributed by atoms with Gasteiger partial charge in [-0.25, -0.2) is 0 Å². The molecular weight excluding hydrogens is 520 g/mol. The maximum Gasteiger partial charge on any atom is 0.193 e. The Bertz CT molecular complexity index is 1870. The number of benzene rings is 4. The smallest absolute Gasteiger partial charge is 0.193 e. The first-order chi connectivity index (χ1) is 19.1. The second-order valence-electron chi connectivity index (χ2n) is 8.66. The van der Waals surface area contributed by atoms with Crippen molar-refractivity contribution < 1.29 is 39.5 Å². The zero-order valence-corrected chi connectivity index (χ0v) is 20.4. The van der Waals surface area contributed by atoms with E-state index in [1.165, 1.54) is 84.9 Å². The SMILES string of the molecule is O=c1cc(-c2cccc(O)c2O)oc2ccc(O)cc12.O=c1cc(-c2cccc(O)c2O)oc2ccc(O)cc12. The highest BCUT2D eigenvalue weighted by Crippen LogP contribution is 2.37. The first-order valence-corrected chi connectivity index (χ1v) is 11.7. The average molecular weight is 540 g/mol. The first kappa shape index (κ1) is 25.7. The first-order valence-electron chi connectivity index (χ1n) is 11.7. The third-order valence-electron chi connectivity index (χ3n) is 5.98. The van der Waals surface area contributed by atoms with Gasteiger partial charge in [0.25, 0.3) is 0 Å². The van der Waals surface area contributed by atoms with Gasteiger partial charge in [0.2, 0.25) is 0 Å². The van der Waals surface area contributed by atoms with Gasteiger partial charge in [-0.3, -0.25) is 9.59 Å². The molecular formula is C30H20O10. The van der Waals surface area contributed by atoms with Crippen LogP contribution in [0.3, 0.4) is 0 Å². The number of aromatic hydroxyl groups is 6. The van der Waals surface area contributed by atoms with Crippen LogP contribution in [0.1, 0.15) is 0 Å². The Balaban J connectivity index is 0.000000161. The standard InChI is InChI=1S/2C15H10O5/c2*16-8-4-5-13-10(6-8)12(18)7-14(20-13)9-2-1-3-11(17)15(9)19/h2*1-7,16-17,19H. The molecule has 10 heteroatoms. The van der Waals surface area contributed by atoms with Gasteiger partial charge in [-0.2, -0.15) is 0 Å². The summed E-state index contributed by atoms with van der Waals surface area (Å²) in [4.78, 5) is 24.0. The number of phenolic OH excluding ortho intramolecular Hbond substituents is 6. The summed E-state index contributed by atoms with van der Waals surface area (Å²) in [7, 11) is 0. The minimum Gasteiger partial charge on any atom is -0.508 e. The van der Waals surface area contributed by atoms with Crippen LogP contribution >= 0.6 is 0 Å². The van der Waals surface area contributed by atoms with E-state index in [1.54, 1.807) is 0 Å². The molecule has 2 heterocycles. The molecule has 10 nitrogen and oxygen atoms in total. The molecule has 0 fully saturated rings. The van der Waals surface area contributed by atoms with Crippen LogP contribution in [0.25, 0.3) is 44.6 Å². The van der Waals surface area contributed by atoms with Gasteiger partial charge in [-0.1, -0.05) is 12.1 Å². The Morgan fingerprint density at radius 3 is 1.27 bits per heavy atom. The summed E-state index contributed by atoms with van der Waals surface area (Å²) >= 11 is 0. The Hall–Kier alpha value is -5.90. The van der Waals surface area contributed by atoms with Crippen molar-refractivity contribution in [2.45, 2.75) is 0 Å². The zero-order valence-electron chi connectivity index (χ0n) is 20.4. The number of hydrogen-bond donors (Lipinski definition) is 6. The molecule has 6 aromatic rings. The van der Waals surface area contributed by atoms with Crippen LogP contribution in [0.2, 0.25) is 0 Å². The third-order valence-corrected chi connectivity index (χ3v) is 5.98. The normalized spacial score (nSPS) is 10.8. The maximum atomic E-state index is 12.0. The van der Waals surface area contributed by atoms with Crippen molar-refractivity contribution in [3.8, 4) is 57.1 Å². The lowest BCUT2D eigenvalue weighted by Crippen LogP contribution is -2.00. The number of para-hydroxylation sites is 2. The molecule has 0 unspecified atom stereocenters. The predicted octanol–water partition coefficient (Wildman–Crippen LogP) is 5.15. The molecule has 40 heavy (non-hydrogen) atoms. The zero-order chi connectivity index (χ0) is 28.6. The van der Waals surface area contributed by atoms with Gasteiger partial charge in [-0.05, 0) is 60.7 Å². The van der Waals surface area contributed by atoms with Crippen LogP contribution in [-0.2, 0) is 0 Å². The Kier molecular flexibility index (Phi) is 6.50. The van der Waals surface area contributed by atoms with Crippen LogP contribution < -0.4 is 10.9 Å². The Morgan fingerprint density at radius 2 is 0.875 bits per heavy atom. The van der Waals surface area contributed by atoms with E-state index in [2.05, 4.69) is 0 Å². The summed E-state index contributed by atoms with van der Waals surface area (Å²) in [6.45, 7) is 0. The molecule has 0 aliphatic heterocycles. The summed E-state index contributed by atoms with van der Waals surface area (Å²) in [5.41, 5.74) is 0.315. The Morgan fingerprint density at radius 1 is 0.475 bits per heavy atom. The van der Waals surface area contributed by atoms with Crippen molar-refractivity contribution in [2.24, 2.45) is 0 Å². The van der Waals surface area contributed by atoms with Crippen molar-refractivity contribution in [3.63, 3.8) is 0 Å². The number of hydrogen-bond acceptors (Lipinski definition) is 10. The second-order valence-corrected chi connectivity index (χ2v) is 8.66. The maximum absolute atomic E-state index is 12.0. The van der Waals surface area contributed by atoms with Crippen LogP contribution in [0.5, 0.6) is 34.5 Å². The fourth-order valence-electron chi connectivity index (χ4n) is 4.01. The van der Waals surface area contributed by atoms with Gasteiger partial charge in [0.05, 0.1) is 21.9 Å². The minimum absolute atomic E-state index is 0.0299. The molecule has 0 saturated carbocycles. The summed E-state index contributed by atoms with van der Waals surface area (Å²) < 4.78 is 11.1. The van der Waals surface area contributed by atoms with E-state index < -0.39 is 0 Å². The Labute approximate surface area is 224 Å². The van der Waals surface area contributed by atoms with E-state index in [4.69, 9.17) is 8.83 Å². The van der Waals surface area contributed by atoms with Crippen molar-refractivity contribution >= 4 is 21.9 Å². The van der Waals surface area contributed by atoms with Crippen molar-refractivity contribution in [1.82, 2.24) is 0 Å². The van der Waals surface area contributed by atoms with E-state index >= 15 is 0 Å². The molecule has 0 bridgehead atoms. The fraction of sp³-hybridized carbons (Fsp3) is 0. The van der Waals surface area contributed by atoms with Gasteiger partial charge >= 0.3 is 0 Å². The molecule has 0 radical (unpaired) electrons. The number of phenols is 6. The monoisotopic (exact) mass is 540 g/mol. The summed E-state index contributed by atoms with van der Waals surface area (Å²) in [5.74, 6) is -1.08. The van der Waals surface area contributed by atoms with E-state index in [0.717, 1.165) is 0 Å². The van der Waals surface area contributed by atoms with Gasteiger partial charge < -0.3 is 39.5 Å². The van der Waals surface area contributed by atoms with Crippen LogP contribution in [0.15, 0.2) is 103 Å². The molecule has 2 aromatic heterocycles. The molecule has 0 aliphatic rings. The molecule has 0 atom stereocenters. The molecule has 0 spiro atoms. The lowest BCUT2D eigenvalue weighted by atomic mass is 10.1. The highest BCUT2D eigenvalue weighted by molar-refractivity contribution is 5.82. The van der Waals surface area contributed by atoms with E-state index in [1.807, 2.05) is 0 Å². The quantitative estimate of drug-likeness (QED) is 0.161. The lowest BCUT2D eigenvalue weighted by Gasteiger charge is -2.06. The lowest BCUT2D eigenvalue weighted by molar-refractivity contribution is 0.404. The largest absolute Gasteiger partial charge is 0.508 e.